The van der Waals surface area contributed by atoms with Gasteiger partial charge in [0.05, 0.1) is 25.8 Å². The van der Waals surface area contributed by atoms with Crippen LogP contribution < -0.4 is 10.1 Å². The molecule has 1 aliphatic rings. The summed E-state index contributed by atoms with van der Waals surface area (Å²) < 4.78 is 6.95. The summed E-state index contributed by atoms with van der Waals surface area (Å²) in [6.45, 7) is 5.98. The predicted octanol–water partition coefficient (Wildman–Crippen LogP) is 2.08. The number of likely N-dealkylation sites (tertiary alicyclic amines) is 1. The van der Waals surface area contributed by atoms with E-state index in [0.717, 1.165) is 30.7 Å². The molecule has 0 saturated carbocycles. The number of rotatable bonds is 7. The minimum atomic E-state index is -0.216. The third-order valence-corrected chi connectivity index (χ3v) is 5.03. The van der Waals surface area contributed by atoms with Crippen LogP contribution >= 0.6 is 0 Å². The van der Waals surface area contributed by atoms with E-state index in [-0.39, 0.29) is 17.9 Å². The Kier molecular flexibility index (Phi) is 6.85. The molecular formula is C21H29N5O3. The topological polar surface area (TPSA) is 89.4 Å². The van der Waals surface area contributed by atoms with Crippen molar-refractivity contribution in [1.29, 1.82) is 0 Å². The Bertz CT molecular complexity index is 848. The van der Waals surface area contributed by atoms with E-state index in [9.17, 15) is 9.59 Å². The molecule has 8 heteroatoms. The van der Waals surface area contributed by atoms with Gasteiger partial charge in [0, 0.05) is 19.6 Å². The lowest BCUT2D eigenvalue weighted by atomic mass is 10.0. The number of nitrogens with one attached hydrogen (secondary N) is 1. The highest BCUT2D eigenvalue weighted by Crippen LogP contribution is 2.22. The van der Waals surface area contributed by atoms with Crippen LogP contribution in [0, 0.1) is 5.92 Å². The van der Waals surface area contributed by atoms with Gasteiger partial charge in [0.15, 0.2) is 5.69 Å². The molecule has 0 bridgehead atoms. The molecule has 1 fully saturated rings. The Morgan fingerprint density at radius 3 is 2.93 bits per heavy atom. The predicted molar refractivity (Wildman–Crippen MR) is 109 cm³/mol. The van der Waals surface area contributed by atoms with Crippen molar-refractivity contribution < 1.29 is 14.3 Å². The van der Waals surface area contributed by atoms with Crippen LogP contribution in [-0.2, 0) is 11.2 Å². The van der Waals surface area contributed by atoms with Crippen LogP contribution in [0.1, 0.15) is 48.8 Å². The monoisotopic (exact) mass is 399 g/mol. The molecule has 2 amide bonds. The van der Waals surface area contributed by atoms with Crippen molar-refractivity contribution in [2.75, 3.05) is 26.7 Å². The number of carbonyl (C=O) groups is 2. The van der Waals surface area contributed by atoms with E-state index in [1.807, 2.05) is 43.0 Å². The molecule has 1 N–H and O–H groups in total. The van der Waals surface area contributed by atoms with Gasteiger partial charge >= 0.3 is 0 Å². The van der Waals surface area contributed by atoms with E-state index < -0.39 is 0 Å². The summed E-state index contributed by atoms with van der Waals surface area (Å²) in [7, 11) is 1.62. The van der Waals surface area contributed by atoms with Crippen molar-refractivity contribution in [2.24, 2.45) is 5.92 Å². The maximum absolute atomic E-state index is 12.8. The van der Waals surface area contributed by atoms with Crippen LogP contribution in [0.5, 0.6) is 5.75 Å². The van der Waals surface area contributed by atoms with Crippen molar-refractivity contribution in [1.82, 2.24) is 25.2 Å². The minimum Gasteiger partial charge on any atom is -0.497 e. The van der Waals surface area contributed by atoms with Crippen LogP contribution in [0.15, 0.2) is 30.5 Å². The number of ether oxygens (including phenoxy) is 1. The zero-order valence-corrected chi connectivity index (χ0v) is 17.3. The molecule has 2 aromatic rings. The summed E-state index contributed by atoms with van der Waals surface area (Å²) in [6.07, 6.45) is 3.81. The summed E-state index contributed by atoms with van der Waals surface area (Å²) in [4.78, 5) is 26.8. The van der Waals surface area contributed by atoms with Gasteiger partial charge in [-0.3, -0.25) is 9.59 Å². The average molecular weight is 399 g/mol. The molecule has 1 unspecified atom stereocenters. The van der Waals surface area contributed by atoms with E-state index in [2.05, 4.69) is 15.6 Å². The molecule has 1 aromatic carbocycles. The number of hydrogen-bond donors (Lipinski definition) is 1. The largest absolute Gasteiger partial charge is 0.497 e. The van der Waals surface area contributed by atoms with Gasteiger partial charge in [0.2, 0.25) is 5.91 Å². The molecule has 156 valence electrons. The molecule has 1 atom stereocenters. The number of nitrogens with zero attached hydrogens (tertiary/aromatic N) is 4. The van der Waals surface area contributed by atoms with Crippen molar-refractivity contribution >= 4 is 11.8 Å². The maximum Gasteiger partial charge on any atom is 0.273 e. The van der Waals surface area contributed by atoms with Crippen molar-refractivity contribution in [3.63, 3.8) is 0 Å². The molecule has 3 rings (SSSR count). The fourth-order valence-electron chi connectivity index (χ4n) is 3.41. The minimum absolute atomic E-state index is 0.0251. The van der Waals surface area contributed by atoms with Crippen LogP contribution in [0.4, 0.5) is 0 Å². The van der Waals surface area contributed by atoms with E-state index in [1.54, 1.807) is 18.0 Å². The average Bonchev–Trinajstić information content (AvgIpc) is 3.22. The second-order valence-electron chi connectivity index (χ2n) is 7.85. The Morgan fingerprint density at radius 2 is 2.17 bits per heavy atom. The van der Waals surface area contributed by atoms with Crippen LogP contribution in [-0.4, -0.2) is 58.5 Å². The molecule has 0 aliphatic carbocycles. The number of aromatic nitrogens is 3. The van der Waals surface area contributed by atoms with Gasteiger partial charge in [0.25, 0.3) is 5.91 Å². The van der Waals surface area contributed by atoms with Gasteiger partial charge in [-0.25, -0.2) is 4.68 Å². The number of hydrogen-bond acceptors (Lipinski definition) is 5. The molecule has 2 heterocycles. The number of methoxy groups -OCH3 is 1. The normalized spacial score (nSPS) is 16.7. The highest BCUT2D eigenvalue weighted by molar-refractivity contribution is 5.91. The van der Waals surface area contributed by atoms with E-state index in [1.165, 1.54) is 0 Å². The zero-order valence-electron chi connectivity index (χ0n) is 17.3. The highest BCUT2D eigenvalue weighted by Gasteiger charge is 2.26. The molecule has 1 saturated heterocycles. The Balaban J connectivity index is 1.60. The summed E-state index contributed by atoms with van der Waals surface area (Å²) in [6, 6.07) is 7.60. The number of piperidine rings is 1. The smallest absolute Gasteiger partial charge is 0.273 e. The van der Waals surface area contributed by atoms with Crippen LogP contribution in [0.25, 0.3) is 0 Å². The second-order valence-corrected chi connectivity index (χ2v) is 7.85. The summed E-state index contributed by atoms with van der Waals surface area (Å²) in [5.74, 6) is 0.985. The lowest BCUT2D eigenvalue weighted by Crippen LogP contribution is -2.41. The third kappa shape index (κ3) is 5.56. The first-order valence-corrected chi connectivity index (χ1v) is 10.1. The zero-order chi connectivity index (χ0) is 20.8. The van der Waals surface area contributed by atoms with Gasteiger partial charge in [-0.2, -0.15) is 0 Å². The van der Waals surface area contributed by atoms with Gasteiger partial charge in [0.1, 0.15) is 5.75 Å². The highest BCUT2D eigenvalue weighted by atomic mass is 16.5. The van der Waals surface area contributed by atoms with Gasteiger partial charge in [-0.15, -0.1) is 5.10 Å². The molecule has 1 aliphatic heterocycles. The summed E-state index contributed by atoms with van der Waals surface area (Å²) in [5.41, 5.74) is 1.24. The fourth-order valence-corrected chi connectivity index (χ4v) is 3.41. The molecule has 0 spiro atoms. The first kappa shape index (κ1) is 20.8. The summed E-state index contributed by atoms with van der Waals surface area (Å²) in [5, 5.41) is 11.0. The number of carbonyl (C=O) groups excluding carboxylic acids is 2. The van der Waals surface area contributed by atoms with Gasteiger partial charge < -0.3 is 15.0 Å². The Morgan fingerprint density at radius 1 is 1.34 bits per heavy atom. The lowest BCUT2D eigenvalue weighted by Gasteiger charge is -2.32. The molecular weight excluding hydrogens is 370 g/mol. The number of amides is 2. The fraction of sp³-hybridized carbons (Fsp3) is 0.524. The molecule has 1 aromatic heterocycles. The van der Waals surface area contributed by atoms with Crippen LogP contribution in [0.3, 0.4) is 0 Å². The molecule has 29 heavy (non-hydrogen) atoms. The van der Waals surface area contributed by atoms with Crippen molar-refractivity contribution in [3.8, 4) is 5.75 Å². The van der Waals surface area contributed by atoms with Gasteiger partial charge in [-0.05, 0) is 36.5 Å². The van der Waals surface area contributed by atoms with E-state index in [4.69, 9.17) is 4.74 Å². The Labute approximate surface area is 171 Å². The quantitative estimate of drug-likeness (QED) is 0.770. The van der Waals surface area contributed by atoms with Gasteiger partial charge in [-0.1, -0.05) is 31.2 Å². The SMILES string of the molecule is COc1cccc(CC(=O)N2CCCC(n3cc(C(=O)NCC(C)C)nn3)C2)c1. The third-order valence-electron chi connectivity index (χ3n) is 5.03. The first-order valence-electron chi connectivity index (χ1n) is 10.1. The second kappa shape index (κ2) is 9.54. The number of benzene rings is 1. The van der Waals surface area contributed by atoms with E-state index >= 15 is 0 Å². The summed E-state index contributed by atoms with van der Waals surface area (Å²) >= 11 is 0. The molecule has 0 radical (unpaired) electrons. The lowest BCUT2D eigenvalue weighted by molar-refractivity contribution is -0.132. The van der Waals surface area contributed by atoms with E-state index in [0.29, 0.717) is 31.1 Å². The van der Waals surface area contributed by atoms with Crippen molar-refractivity contribution in [3.05, 3.63) is 41.7 Å². The maximum atomic E-state index is 12.8. The Hall–Kier alpha value is -2.90. The standard InChI is InChI=1S/C21H29N5O3/c1-15(2)12-22-21(28)19-14-26(24-23-19)17-7-5-9-25(13-17)20(27)11-16-6-4-8-18(10-16)29-3/h4,6,8,10,14-15,17H,5,7,9,11-13H2,1-3H3,(H,22,28). The van der Waals surface area contributed by atoms with Crippen LogP contribution in [0.2, 0.25) is 0 Å². The van der Waals surface area contributed by atoms with Crippen molar-refractivity contribution in [2.45, 2.75) is 39.2 Å². The first-order chi connectivity index (χ1) is 14.0. The molecule has 8 nitrogen and oxygen atoms in total.